The minimum Gasteiger partial charge on any atom is -0.341 e. The molecule has 1 heterocycles. The van der Waals surface area contributed by atoms with E-state index in [1.54, 1.807) is 0 Å². The van der Waals surface area contributed by atoms with Crippen molar-refractivity contribution in [2.75, 3.05) is 13.1 Å². The van der Waals surface area contributed by atoms with Crippen LogP contribution >= 0.6 is 0 Å². The molecule has 0 aromatic heterocycles. The van der Waals surface area contributed by atoms with Gasteiger partial charge in [0, 0.05) is 13.1 Å². The first kappa shape index (κ1) is 9.97. The Morgan fingerprint density at radius 2 is 1.93 bits per heavy atom. The van der Waals surface area contributed by atoms with Crippen LogP contribution in [0.5, 0.6) is 0 Å². The molecule has 80 valence electrons. The first-order valence-corrected chi connectivity index (χ1v) is 5.70. The molecule has 14 heavy (non-hydrogen) atoms. The molecule has 2 N–H and O–H groups in total. The number of piperidine rings is 1. The lowest BCUT2D eigenvalue weighted by Gasteiger charge is -2.42. The molecule has 0 unspecified atom stereocenters. The Kier molecular flexibility index (Phi) is 2.52. The Morgan fingerprint density at radius 1 is 1.36 bits per heavy atom. The van der Waals surface area contributed by atoms with Gasteiger partial charge in [-0.15, -0.1) is 0 Å². The van der Waals surface area contributed by atoms with Gasteiger partial charge in [0.25, 0.3) is 0 Å². The molecule has 1 aliphatic carbocycles. The average Bonchev–Trinajstić information content (AvgIpc) is 2.14. The van der Waals surface area contributed by atoms with Crippen molar-refractivity contribution in [1.29, 1.82) is 0 Å². The van der Waals surface area contributed by atoms with Gasteiger partial charge in [0.05, 0.1) is 5.54 Å². The van der Waals surface area contributed by atoms with E-state index in [-0.39, 0.29) is 5.91 Å². The van der Waals surface area contributed by atoms with Crippen LogP contribution in [0.3, 0.4) is 0 Å². The molecule has 2 aliphatic rings. The van der Waals surface area contributed by atoms with Crippen LogP contribution in [0.1, 0.15) is 39.0 Å². The van der Waals surface area contributed by atoms with E-state index in [4.69, 9.17) is 5.73 Å². The minimum absolute atomic E-state index is 0.204. The van der Waals surface area contributed by atoms with Crippen molar-refractivity contribution in [1.82, 2.24) is 4.90 Å². The summed E-state index contributed by atoms with van der Waals surface area (Å²) in [6.45, 7) is 4.08. The Hall–Kier alpha value is -0.570. The molecule has 3 heteroatoms. The zero-order chi connectivity index (χ0) is 10.2. The fraction of sp³-hybridized carbons (Fsp3) is 0.909. The van der Waals surface area contributed by atoms with Crippen molar-refractivity contribution >= 4 is 5.91 Å². The maximum Gasteiger partial charge on any atom is 0.242 e. The number of hydrogen-bond acceptors (Lipinski definition) is 2. The topological polar surface area (TPSA) is 46.3 Å². The standard InChI is InChI=1S/C11H20N2O/c1-9-3-7-13(8-4-9)10(14)11(12)5-2-6-11/h9H,2-8,12H2,1H3. The first-order valence-electron chi connectivity index (χ1n) is 5.70. The van der Waals surface area contributed by atoms with E-state index < -0.39 is 5.54 Å². The number of amides is 1. The summed E-state index contributed by atoms with van der Waals surface area (Å²) in [5.74, 6) is 0.977. The fourth-order valence-electron chi connectivity index (χ4n) is 2.30. The van der Waals surface area contributed by atoms with Crippen LogP contribution < -0.4 is 5.73 Å². The molecular weight excluding hydrogens is 176 g/mol. The summed E-state index contributed by atoms with van der Waals surface area (Å²) in [6, 6.07) is 0. The number of carbonyl (C=O) groups is 1. The van der Waals surface area contributed by atoms with Crippen molar-refractivity contribution in [2.45, 2.75) is 44.6 Å². The molecule has 0 radical (unpaired) electrons. The van der Waals surface area contributed by atoms with Crippen molar-refractivity contribution in [2.24, 2.45) is 11.7 Å². The molecule has 0 bridgehead atoms. The van der Waals surface area contributed by atoms with Crippen molar-refractivity contribution in [3.8, 4) is 0 Å². The highest BCUT2D eigenvalue weighted by molar-refractivity contribution is 5.87. The molecular formula is C11H20N2O. The Morgan fingerprint density at radius 3 is 2.36 bits per heavy atom. The molecule has 0 spiro atoms. The molecule has 1 saturated heterocycles. The number of carbonyl (C=O) groups excluding carboxylic acids is 1. The predicted molar refractivity (Wildman–Crippen MR) is 55.7 cm³/mol. The Labute approximate surface area is 85.6 Å². The summed E-state index contributed by atoms with van der Waals surface area (Å²) in [4.78, 5) is 14.0. The SMILES string of the molecule is CC1CCN(C(=O)C2(N)CCC2)CC1. The average molecular weight is 196 g/mol. The van der Waals surface area contributed by atoms with Gasteiger partial charge in [0.2, 0.25) is 5.91 Å². The van der Waals surface area contributed by atoms with Gasteiger partial charge in [-0.25, -0.2) is 0 Å². The molecule has 1 saturated carbocycles. The maximum absolute atomic E-state index is 12.0. The molecule has 1 amide bonds. The quantitative estimate of drug-likeness (QED) is 0.683. The second-order valence-corrected chi connectivity index (χ2v) is 4.98. The summed E-state index contributed by atoms with van der Waals surface area (Å²) in [6.07, 6.45) is 5.17. The Balaban J connectivity index is 1.92. The summed E-state index contributed by atoms with van der Waals surface area (Å²) >= 11 is 0. The fourth-order valence-corrected chi connectivity index (χ4v) is 2.30. The van der Waals surface area contributed by atoms with E-state index >= 15 is 0 Å². The lowest BCUT2D eigenvalue weighted by Crippen LogP contribution is -2.60. The molecule has 1 aliphatic heterocycles. The van der Waals surface area contributed by atoms with E-state index in [0.717, 1.165) is 51.1 Å². The van der Waals surface area contributed by atoms with E-state index in [2.05, 4.69) is 6.92 Å². The van der Waals surface area contributed by atoms with Crippen LogP contribution in [0.15, 0.2) is 0 Å². The van der Waals surface area contributed by atoms with Gasteiger partial charge in [0.15, 0.2) is 0 Å². The van der Waals surface area contributed by atoms with Gasteiger partial charge >= 0.3 is 0 Å². The van der Waals surface area contributed by atoms with Crippen molar-refractivity contribution in [3.63, 3.8) is 0 Å². The maximum atomic E-state index is 12.0. The van der Waals surface area contributed by atoms with Gasteiger partial charge in [-0.05, 0) is 38.0 Å². The second kappa shape index (κ2) is 3.54. The molecule has 0 aromatic carbocycles. The van der Waals surface area contributed by atoms with Crippen LogP contribution in [0.4, 0.5) is 0 Å². The van der Waals surface area contributed by atoms with E-state index in [1.807, 2.05) is 4.90 Å². The number of likely N-dealkylation sites (tertiary alicyclic amines) is 1. The number of rotatable bonds is 1. The minimum atomic E-state index is -0.486. The number of hydrogen-bond donors (Lipinski definition) is 1. The number of nitrogens with two attached hydrogens (primary N) is 1. The first-order chi connectivity index (χ1) is 6.62. The third-order valence-electron chi connectivity index (χ3n) is 3.74. The zero-order valence-corrected chi connectivity index (χ0v) is 8.96. The van der Waals surface area contributed by atoms with E-state index in [0.29, 0.717) is 0 Å². The van der Waals surface area contributed by atoms with Crippen LogP contribution in [0.2, 0.25) is 0 Å². The van der Waals surface area contributed by atoms with Gasteiger partial charge in [-0.1, -0.05) is 6.92 Å². The summed E-state index contributed by atoms with van der Waals surface area (Å²) in [5, 5.41) is 0. The van der Waals surface area contributed by atoms with E-state index in [9.17, 15) is 4.79 Å². The van der Waals surface area contributed by atoms with Gasteiger partial charge in [-0.2, -0.15) is 0 Å². The monoisotopic (exact) mass is 196 g/mol. The highest BCUT2D eigenvalue weighted by atomic mass is 16.2. The van der Waals surface area contributed by atoms with E-state index in [1.165, 1.54) is 0 Å². The third kappa shape index (κ3) is 1.65. The molecule has 0 aromatic rings. The highest BCUT2D eigenvalue weighted by Crippen LogP contribution is 2.32. The highest BCUT2D eigenvalue weighted by Gasteiger charge is 2.42. The van der Waals surface area contributed by atoms with Crippen LogP contribution in [-0.2, 0) is 4.79 Å². The third-order valence-corrected chi connectivity index (χ3v) is 3.74. The van der Waals surface area contributed by atoms with Crippen LogP contribution in [0.25, 0.3) is 0 Å². The van der Waals surface area contributed by atoms with Gasteiger partial charge in [-0.3, -0.25) is 4.79 Å². The van der Waals surface area contributed by atoms with Crippen molar-refractivity contribution in [3.05, 3.63) is 0 Å². The van der Waals surface area contributed by atoms with Crippen molar-refractivity contribution < 1.29 is 4.79 Å². The predicted octanol–water partition coefficient (Wildman–Crippen LogP) is 1.13. The summed E-state index contributed by atoms with van der Waals surface area (Å²) < 4.78 is 0. The molecule has 0 atom stereocenters. The Bertz CT molecular complexity index is 227. The zero-order valence-electron chi connectivity index (χ0n) is 8.96. The van der Waals surface area contributed by atoms with Gasteiger partial charge in [0.1, 0.15) is 0 Å². The van der Waals surface area contributed by atoms with Crippen LogP contribution in [-0.4, -0.2) is 29.4 Å². The lowest BCUT2D eigenvalue weighted by atomic mass is 9.76. The smallest absolute Gasteiger partial charge is 0.242 e. The lowest BCUT2D eigenvalue weighted by molar-refractivity contribution is -0.141. The molecule has 3 nitrogen and oxygen atoms in total. The normalized spacial score (nSPS) is 27.1. The molecule has 2 rings (SSSR count). The second-order valence-electron chi connectivity index (χ2n) is 4.98. The molecule has 2 fully saturated rings. The summed E-state index contributed by atoms with van der Waals surface area (Å²) in [5.41, 5.74) is 5.54. The number of nitrogens with zero attached hydrogens (tertiary/aromatic N) is 1. The van der Waals surface area contributed by atoms with Crippen LogP contribution in [0, 0.1) is 5.92 Å². The largest absolute Gasteiger partial charge is 0.341 e. The van der Waals surface area contributed by atoms with Gasteiger partial charge < -0.3 is 10.6 Å². The summed E-state index contributed by atoms with van der Waals surface area (Å²) in [7, 11) is 0.